The number of halogens is 3. The van der Waals surface area contributed by atoms with Crippen LogP contribution in [0.3, 0.4) is 0 Å². The minimum absolute atomic E-state index is 1.02. The van der Waals surface area contributed by atoms with Gasteiger partial charge in [-0.15, -0.1) is 0 Å². The molecule has 1 rings (SSSR count). The molecule has 10 heavy (non-hydrogen) atoms. The van der Waals surface area contributed by atoms with Crippen molar-refractivity contribution in [2.24, 2.45) is 0 Å². The van der Waals surface area contributed by atoms with E-state index in [0.717, 1.165) is 13.8 Å². The Balaban J connectivity index is 3.07. The highest BCUT2D eigenvalue weighted by molar-refractivity contribution is 9.11. The third kappa shape index (κ3) is 2.16. The molecule has 54 valence electrons. The first-order chi connectivity index (χ1) is 4.74. The topological polar surface area (TPSA) is 0 Å². The average Bonchev–Trinajstić information content (AvgIpc) is 1.88. The van der Waals surface area contributed by atoms with Gasteiger partial charge in [0.15, 0.2) is 0 Å². The Kier molecular flexibility index (Phi) is 3.56. The minimum Gasteiger partial charge on any atom is -0.0508 e. The lowest BCUT2D eigenvalue weighted by Gasteiger charge is -1.97. The molecule has 0 aliphatic rings. The van der Waals surface area contributed by atoms with Crippen LogP contribution in [0.5, 0.6) is 0 Å². The van der Waals surface area contributed by atoms with E-state index in [-0.39, 0.29) is 0 Å². The fourth-order valence-corrected chi connectivity index (χ4v) is 2.76. The molecule has 0 saturated heterocycles. The minimum atomic E-state index is 1.02. The predicted molar refractivity (Wildman–Crippen MR) is 53.6 cm³/mol. The summed E-state index contributed by atoms with van der Waals surface area (Å²) in [4.78, 5) is 1.03. The van der Waals surface area contributed by atoms with Crippen molar-refractivity contribution < 1.29 is 0 Å². The highest BCUT2D eigenvalue weighted by Gasteiger charge is 1.98. The van der Waals surface area contributed by atoms with Gasteiger partial charge in [-0.2, -0.15) is 0 Å². The van der Waals surface area contributed by atoms with Crippen molar-refractivity contribution in [3.63, 3.8) is 0 Å². The smallest absolute Gasteiger partial charge is 0.0376 e. The maximum Gasteiger partial charge on any atom is 0.0376 e. The van der Waals surface area contributed by atoms with E-state index >= 15 is 0 Å². The Morgan fingerprint density at radius 1 is 1.30 bits per heavy atom. The molecule has 4 heteroatoms. The molecule has 0 radical (unpaired) electrons. The quantitative estimate of drug-likeness (QED) is 0.738. The summed E-state index contributed by atoms with van der Waals surface area (Å²) in [5, 5.41) is 0. The number of hydrogen-bond donors (Lipinski definition) is 0. The van der Waals surface area contributed by atoms with Crippen LogP contribution < -0.4 is 0 Å². The van der Waals surface area contributed by atoms with E-state index in [4.69, 9.17) is 10.7 Å². The molecule has 0 atom stereocenters. The van der Waals surface area contributed by atoms with Gasteiger partial charge in [0, 0.05) is 13.8 Å². The lowest BCUT2D eigenvalue weighted by Crippen LogP contribution is -1.70. The second-order valence-corrected chi connectivity index (χ2v) is 4.48. The van der Waals surface area contributed by atoms with Gasteiger partial charge < -0.3 is 0 Å². The van der Waals surface area contributed by atoms with Crippen LogP contribution in [-0.2, 0) is 0 Å². The summed E-state index contributed by atoms with van der Waals surface area (Å²) in [6, 6.07) is 5.87. The van der Waals surface area contributed by atoms with Crippen molar-refractivity contribution in [3.05, 3.63) is 27.1 Å². The Hall–Kier alpha value is 0.820. The summed E-state index contributed by atoms with van der Waals surface area (Å²) < 4.78 is 2.07. The number of hydrogen-bond acceptors (Lipinski definition) is 1. The van der Waals surface area contributed by atoms with Crippen LogP contribution in [0.15, 0.2) is 32.0 Å². The first-order valence-electron chi connectivity index (χ1n) is 2.47. The Morgan fingerprint density at radius 2 is 2.00 bits per heavy atom. The molecular formula is C6H3Br2ClS. The molecule has 0 heterocycles. The molecule has 0 nitrogen and oxygen atoms in total. The second kappa shape index (κ2) is 4.00. The monoisotopic (exact) mass is 300 g/mol. The average molecular weight is 302 g/mol. The first-order valence-corrected chi connectivity index (χ1v) is 5.70. The second-order valence-electron chi connectivity index (χ2n) is 1.65. The lowest BCUT2D eigenvalue weighted by molar-refractivity contribution is 1.40. The Bertz CT molecular complexity index is 239. The van der Waals surface area contributed by atoms with Crippen molar-refractivity contribution in [2.75, 3.05) is 0 Å². The molecule has 1 aromatic carbocycles. The molecule has 1 aromatic rings. The lowest BCUT2D eigenvalue weighted by atomic mass is 10.4. The molecule has 0 unspecified atom stereocenters. The van der Waals surface area contributed by atoms with Crippen molar-refractivity contribution in [2.45, 2.75) is 4.90 Å². The molecule has 0 spiro atoms. The van der Waals surface area contributed by atoms with Crippen LogP contribution in [0.2, 0.25) is 0 Å². The van der Waals surface area contributed by atoms with E-state index in [0.29, 0.717) is 0 Å². The molecule has 0 fully saturated rings. The molecule has 0 aliphatic heterocycles. The van der Waals surface area contributed by atoms with Gasteiger partial charge in [0.1, 0.15) is 0 Å². The van der Waals surface area contributed by atoms with Crippen LogP contribution in [0.1, 0.15) is 0 Å². The SMILES string of the molecule is ClSc1ccc(Br)cc1Br. The highest BCUT2D eigenvalue weighted by atomic mass is 79.9. The van der Waals surface area contributed by atoms with E-state index in [9.17, 15) is 0 Å². The zero-order chi connectivity index (χ0) is 7.56. The maximum atomic E-state index is 5.56. The molecular weight excluding hydrogens is 299 g/mol. The fraction of sp³-hybridized carbons (Fsp3) is 0. The van der Waals surface area contributed by atoms with Gasteiger partial charge in [-0.05, 0) is 55.8 Å². The molecule has 0 bridgehead atoms. The molecule has 0 aliphatic carbocycles. The van der Waals surface area contributed by atoms with E-state index in [1.165, 1.54) is 11.0 Å². The summed E-state index contributed by atoms with van der Waals surface area (Å²) in [6.45, 7) is 0. The summed E-state index contributed by atoms with van der Waals surface area (Å²) in [5.74, 6) is 0. The van der Waals surface area contributed by atoms with Crippen LogP contribution in [0.4, 0.5) is 0 Å². The highest BCUT2D eigenvalue weighted by Crippen LogP contribution is 2.31. The standard InChI is InChI=1S/C6H3Br2ClS/c7-4-1-2-6(10-9)5(8)3-4/h1-3H. The fourth-order valence-electron chi connectivity index (χ4n) is 0.538. The van der Waals surface area contributed by atoms with Crippen molar-refractivity contribution in [3.8, 4) is 0 Å². The normalized spacial score (nSPS) is 9.90. The van der Waals surface area contributed by atoms with E-state index in [1.54, 1.807) is 0 Å². The van der Waals surface area contributed by atoms with E-state index < -0.39 is 0 Å². The van der Waals surface area contributed by atoms with Crippen LogP contribution >= 0.6 is 53.5 Å². The van der Waals surface area contributed by atoms with Crippen molar-refractivity contribution in [1.82, 2.24) is 0 Å². The van der Waals surface area contributed by atoms with Crippen molar-refractivity contribution >= 4 is 53.5 Å². The largest absolute Gasteiger partial charge is 0.0508 e. The Morgan fingerprint density at radius 3 is 2.50 bits per heavy atom. The molecule has 0 saturated carbocycles. The van der Waals surface area contributed by atoms with Gasteiger partial charge in [-0.25, -0.2) is 0 Å². The van der Waals surface area contributed by atoms with Crippen LogP contribution in [-0.4, -0.2) is 0 Å². The van der Waals surface area contributed by atoms with Gasteiger partial charge in [0.2, 0.25) is 0 Å². The first kappa shape index (κ1) is 8.91. The van der Waals surface area contributed by atoms with Crippen LogP contribution in [0.25, 0.3) is 0 Å². The van der Waals surface area contributed by atoms with E-state index in [1.807, 2.05) is 18.2 Å². The molecule has 0 aromatic heterocycles. The summed E-state index contributed by atoms with van der Waals surface area (Å²) in [6.07, 6.45) is 0. The predicted octanol–water partition coefficient (Wildman–Crippen LogP) is 4.46. The van der Waals surface area contributed by atoms with E-state index in [2.05, 4.69) is 31.9 Å². The Labute approximate surface area is 85.1 Å². The summed E-state index contributed by atoms with van der Waals surface area (Å²) in [7, 11) is 6.76. The summed E-state index contributed by atoms with van der Waals surface area (Å²) in [5.41, 5.74) is 0. The third-order valence-electron chi connectivity index (χ3n) is 0.977. The van der Waals surface area contributed by atoms with Gasteiger partial charge in [0.05, 0.1) is 0 Å². The zero-order valence-corrected chi connectivity index (χ0v) is 9.52. The zero-order valence-electron chi connectivity index (χ0n) is 4.77. The van der Waals surface area contributed by atoms with Gasteiger partial charge in [0.25, 0.3) is 0 Å². The molecule has 0 amide bonds. The maximum absolute atomic E-state index is 5.56. The van der Waals surface area contributed by atoms with Crippen molar-refractivity contribution in [1.29, 1.82) is 0 Å². The van der Waals surface area contributed by atoms with Gasteiger partial charge in [-0.1, -0.05) is 15.9 Å². The van der Waals surface area contributed by atoms with Gasteiger partial charge >= 0.3 is 0 Å². The third-order valence-corrected chi connectivity index (χ3v) is 3.41. The van der Waals surface area contributed by atoms with Gasteiger partial charge in [-0.3, -0.25) is 0 Å². The number of rotatable bonds is 1. The summed E-state index contributed by atoms with van der Waals surface area (Å²) >= 11 is 6.72. The molecule has 0 N–H and O–H groups in total. The number of benzene rings is 1. The van der Waals surface area contributed by atoms with Crippen LogP contribution in [0, 0.1) is 0 Å².